The van der Waals surface area contributed by atoms with Gasteiger partial charge >= 0.3 is 39.5 Å². The number of phosphoric acid groups is 2. The maximum Gasteiger partial charge on any atom is 0.472 e. The number of ether oxygens (including phenoxy) is 4. The summed E-state index contributed by atoms with van der Waals surface area (Å²) in [6.07, 6.45) is 62.4. The summed E-state index contributed by atoms with van der Waals surface area (Å²) < 4.78 is 68.8. The molecule has 19 heteroatoms. The quantitative estimate of drug-likeness (QED) is 0.0222. The van der Waals surface area contributed by atoms with E-state index < -0.39 is 97.5 Å². The van der Waals surface area contributed by atoms with Crippen molar-refractivity contribution in [2.75, 3.05) is 39.6 Å². The summed E-state index contributed by atoms with van der Waals surface area (Å²) in [6.45, 7) is 12.0. The molecule has 0 amide bonds. The first-order valence-electron chi connectivity index (χ1n) is 42.9. The standard InChI is InChI=1S/C83H162O17P2/c1-8-11-12-13-14-15-16-17-18-24-27-30-35-43-50-57-64-80(85)93-70-78(99-82(87)66-59-52-45-36-31-28-25-22-20-19-21-23-26-29-34-41-48-55-62-75(6)9-2)72-97-101(89,90)95-68-77(84)69-96-102(91,92)98-73-79(100-83(88)67-60-53-46-37-32-33-40-47-54-61-74(4)5)71-94-81(86)65-58-51-44-39-38-42-49-56-63-76(7)10-3/h74-79,84H,8-73H2,1-7H3,(H,89,90)(H,91,92)/t75?,76?,77-,78-,79-/m1/s1. The van der Waals surface area contributed by atoms with Gasteiger partial charge in [0.2, 0.25) is 0 Å². The van der Waals surface area contributed by atoms with Crippen LogP contribution in [0.25, 0.3) is 0 Å². The summed E-state index contributed by atoms with van der Waals surface area (Å²) in [4.78, 5) is 73.1. The Bertz CT molecular complexity index is 1980. The number of aliphatic hydroxyl groups excluding tert-OH is 1. The maximum absolute atomic E-state index is 13.1. The first-order chi connectivity index (χ1) is 49.3. The summed E-state index contributed by atoms with van der Waals surface area (Å²) in [7, 11) is -9.92. The van der Waals surface area contributed by atoms with E-state index >= 15 is 0 Å². The highest BCUT2D eigenvalue weighted by atomic mass is 31.2. The van der Waals surface area contributed by atoms with Crippen LogP contribution in [-0.4, -0.2) is 96.7 Å². The van der Waals surface area contributed by atoms with Crippen molar-refractivity contribution in [3.8, 4) is 0 Å². The Morgan fingerprint density at radius 1 is 0.284 bits per heavy atom. The van der Waals surface area contributed by atoms with E-state index in [2.05, 4.69) is 48.5 Å². The molecule has 0 aromatic rings. The van der Waals surface area contributed by atoms with Gasteiger partial charge in [-0.05, 0) is 43.4 Å². The predicted octanol–water partition coefficient (Wildman–Crippen LogP) is 24.9. The molecular formula is C83H162O17P2. The third-order valence-corrected chi connectivity index (χ3v) is 22.0. The van der Waals surface area contributed by atoms with E-state index in [4.69, 9.17) is 37.0 Å². The third-order valence-electron chi connectivity index (χ3n) is 20.1. The van der Waals surface area contributed by atoms with E-state index in [0.717, 1.165) is 108 Å². The lowest BCUT2D eigenvalue weighted by molar-refractivity contribution is -0.161. The molecule has 0 saturated carbocycles. The molecule has 0 heterocycles. The molecule has 102 heavy (non-hydrogen) atoms. The molecule has 3 N–H and O–H groups in total. The first-order valence-corrected chi connectivity index (χ1v) is 45.9. The van der Waals surface area contributed by atoms with E-state index in [9.17, 15) is 43.2 Å². The third kappa shape index (κ3) is 73.6. The molecule has 0 spiro atoms. The summed E-state index contributed by atoms with van der Waals surface area (Å²) in [5, 5.41) is 10.7. The molecule has 7 atom stereocenters. The average molecular weight is 1490 g/mol. The molecule has 17 nitrogen and oxygen atoms in total. The van der Waals surface area contributed by atoms with Gasteiger partial charge < -0.3 is 33.8 Å². The number of carbonyl (C=O) groups excluding carboxylic acids is 4. The molecule has 0 aromatic heterocycles. The molecule has 0 aromatic carbocycles. The molecule has 0 bridgehead atoms. The van der Waals surface area contributed by atoms with Gasteiger partial charge in [0.1, 0.15) is 19.3 Å². The SMILES string of the molecule is CCCCCCCCCCCCCCCCCCC(=O)OC[C@H](COP(=O)(O)OC[C@@H](O)COP(=O)(O)OC[C@@H](COC(=O)CCCCCCCCCCC(C)CC)OC(=O)CCCCCCCCCCCC(C)C)OC(=O)CCCCCCCCCCCCCCCCCCCCC(C)CC. The van der Waals surface area contributed by atoms with Gasteiger partial charge in [0.15, 0.2) is 12.2 Å². The number of carbonyl (C=O) groups is 4. The van der Waals surface area contributed by atoms with Gasteiger partial charge in [0.25, 0.3) is 0 Å². The van der Waals surface area contributed by atoms with Crippen molar-refractivity contribution in [2.24, 2.45) is 17.8 Å². The molecule has 0 aliphatic rings. The lowest BCUT2D eigenvalue weighted by Crippen LogP contribution is -2.30. The van der Waals surface area contributed by atoms with E-state index in [1.54, 1.807) is 0 Å². The van der Waals surface area contributed by atoms with Crippen molar-refractivity contribution in [2.45, 2.75) is 452 Å². The zero-order valence-electron chi connectivity index (χ0n) is 67.1. The highest BCUT2D eigenvalue weighted by Gasteiger charge is 2.30. The van der Waals surface area contributed by atoms with Crippen LogP contribution in [0.4, 0.5) is 0 Å². The largest absolute Gasteiger partial charge is 0.472 e. The van der Waals surface area contributed by atoms with Crippen LogP contribution in [0.1, 0.15) is 434 Å². The van der Waals surface area contributed by atoms with Crippen molar-refractivity contribution in [3.63, 3.8) is 0 Å². The molecule has 0 rings (SSSR count). The smallest absolute Gasteiger partial charge is 0.462 e. The Hall–Kier alpha value is -1.94. The number of phosphoric ester groups is 2. The van der Waals surface area contributed by atoms with Crippen LogP contribution in [0.5, 0.6) is 0 Å². The van der Waals surface area contributed by atoms with Crippen molar-refractivity contribution >= 4 is 39.5 Å². The Morgan fingerprint density at radius 3 is 0.745 bits per heavy atom. The fraction of sp³-hybridized carbons (Fsp3) is 0.952. The van der Waals surface area contributed by atoms with Gasteiger partial charge in [-0.15, -0.1) is 0 Å². The van der Waals surface area contributed by atoms with Gasteiger partial charge in [-0.3, -0.25) is 37.3 Å². The van der Waals surface area contributed by atoms with Crippen molar-refractivity contribution in [1.29, 1.82) is 0 Å². The minimum atomic E-state index is -4.96. The Morgan fingerprint density at radius 2 is 0.500 bits per heavy atom. The second-order valence-electron chi connectivity index (χ2n) is 30.8. The molecule has 606 valence electrons. The zero-order valence-corrected chi connectivity index (χ0v) is 68.9. The molecular weight excluding hydrogens is 1330 g/mol. The molecule has 0 saturated heterocycles. The number of rotatable bonds is 81. The summed E-state index contributed by atoms with van der Waals surface area (Å²) in [6, 6.07) is 0. The van der Waals surface area contributed by atoms with Gasteiger partial charge in [0, 0.05) is 25.7 Å². The topological polar surface area (TPSA) is 237 Å². The Labute approximate surface area is 626 Å². The van der Waals surface area contributed by atoms with Crippen LogP contribution in [0.2, 0.25) is 0 Å². The van der Waals surface area contributed by atoms with E-state index in [0.29, 0.717) is 25.7 Å². The number of hydrogen-bond donors (Lipinski definition) is 3. The van der Waals surface area contributed by atoms with E-state index in [1.807, 2.05) is 0 Å². The van der Waals surface area contributed by atoms with Gasteiger partial charge in [-0.1, -0.05) is 382 Å². The predicted molar refractivity (Wildman–Crippen MR) is 418 cm³/mol. The minimum absolute atomic E-state index is 0.105. The van der Waals surface area contributed by atoms with Crippen LogP contribution >= 0.6 is 15.6 Å². The number of hydrogen-bond acceptors (Lipinski definition) is 15. The Kier molecular flexibility index (Phi) is 71.8. The second-order valence-corrected chi connectivity index (χ2v) is 33.7. The first kappa shape index (κ1) is 100. The monoisotopic (exact) mass is 1490 g/mol. The van der Waals surface area contributed by atoms with Crippen LogP contribution in [-0.2, 0) is 65.4 Å². The van der Waals surface area contributed by atoms with Crippen molar-refractivity contribution in [3.05, 3.63) is 0 Å². The lowest BCUT2D eigenvalue weighted by atomic mass is 9.99. The maximum atomic E-state index is 13.1. The lowest BCUT2D eigenvalue weighted by Gasteiger charge is -2.21. The fourth-order valence-corrected chi connectivity index (χ4v) is 14.4. The van der Waals surface area contributed by atoms with E-state index in [1.165, 1.54) is 244 Å². The fourth-order valence-electron chi connectivity index (χ4n) is 12.8. The van der Waals surface area contributed by atoms with Crippen LogP contribution in [0, 0.1) is 17.8 Å². The van der Waals surface area contributed by atoms with Gasteiger partial charge in [0.05, 0.1) is 26.4 Å². The van der Waals surface area contributed by atoms with Crippen LogP contribution in [0.15, 0.2) is 0 Å². The van der Waals surface area contributed by atoms with Crippen LogP contribution in [0.3, 0.4) is 0 Å². The average Bonchev–Trinajstić information content (AvgIpc) is 0.969. The molecule has 0 aliphatic carbocycles. The zero-order chi connectivity index (χ0) is 75.1. The molecule has 4 unspecified atom stereocenters. The van der Waals surface area contributed by atoms with E-state index in [-0.39, 0.29) is 25.7 Å². The van der Waals surface area contributed by atoms with Crippen molar-refractivity contribution < 1.29 is 80.2 Å². The number of unbranched alkanes of at least 4 members (excludes halogenated alkanes) is 47. The van der Waals surface area contributed by atoms with Crippen LogP contribution < -0.4 is 0 Å². The number of esters is 4. The highest BCUT2D eigenvalue weighted by Crippen LogP contribution is 2.45. The summed E-state index contributed by atoms with van der Waals surface area (Å²) >= 11 is 0. The molecule has 0 radical (unpaired) electrons. The number of aliphatic hydroxyl groups is 1. The summed E-state index contributed by atoms with van der Waals surface area (Å²) in [5.41, 5.74) is 0. The molecule has 0 fully saturated rings. The highest BCUT2D eigenvalue weighted by molar-refractivity contribution is 7.47. The Balaban J connectivity index is 5.23. The van der Waals surface area contributed by atoms with Gasteiger partial charge in [-0.25, -0.2) is 9.13 Å². The normalized spacial score (nSPS) is 14.5. The summed E-state index contributed by atoms with van der Waals surface area (Å²) in [5.74, 6) is 0.276. The second kappa shape index (κ2) is 73.2. The van der Waals surface area contributed by atoms with Crippen molar-refractivity contribution in [1.82, 2.24) is 0 Å². The van der Waals surface area contributed by atoms with Gasteiger partial charge in [-0.2, -0.15) is 0 Å². The molecule has 0 aliphatic heterocycles. The minimum Gasteiger partial charge on any atom is -0.462 e.